The average Bonchev–Trinajstić information content (AvgIpc) is 2.82. The molecule has 1 aromatic heterocycles. The molecule has 0 aliphatic rings. The lowest BCUT2D eigenvalue weighted by Crippen LogP contribution is -2.27. The Labute approximate surface area is 102 Å². The Kier molecular flexibility index (Phi) is 3.43. The summed E-state index contributed by atoms with van der Waals surface area (Å²) in [4.78, 5) is 11.7. The summed E-state index contributed by atoms with van der Waals surface area (Å²) >= 11 is 0.959. The maximum atomic E-state index is 13.5. The van der Waals surface area contributed by atoms with Gasteiger partial charge in [0.05, 0.1) is 24.0 Å². The summed E-state index contributed by atoms with van der Waals surface area (Å²) in [7, 11) is 0. The second-order valence-corrected chi connectivity index (χ2v) is 4.07. The Morgan fingerprint density at radius 2 is 2.24 bits per heavy atom. The largest absolute Gasteiger partial charge is 0.344 e. The van der Waals surface area contributed by atoms with E-state index < -0.39 is 6.04 Å². The number of rotatable bonds is 3. The molecular formula is C11H10FN3OS. The fourth-order valence-corrected chi connectivity index (χ4v) is 1.85. The van der Waals surface area contributed by atoms with Crippen LogP contribution < -0.4 is 5.32 Å². The topological polar surface area (TPSA) is 54.9 Å². The van der Waals surface area contributed by atoms with Crippen molar-refractivity contribution >= 4 is 17.6 Å². The molecule has 2 aromatic rings. The first-order valence-electron chi connectivity index (χ1n) is 5.01. The number of nitrogens with zero attached hydrogens (tertiary/aromatic N) is 2. The summed E-state index contributed by atoms with van der Waals surface area (Å²) in [6.45, 7) is 1.72. The van der Waals surface area contributed by atoms with Gasteiger partial charge in [0.2, 0.25) is 0 Å². The van der Waals surface area contributed by atoms with E-state index in [9.17, 15) is 9.18 Å². The van der Waals surface area contributed by atoms with Crippen LogP contribution >= 0.6 is 11.7 Å². The van der Waals surface area contributed by atoms with Crippen molar-refractivity contribution in [2.75, 3.05) is 0 Å². The maximum absolute atomic E-state index is 13.5. The Bertz CT molecular complexity index is 515. The summed E-state index contributed by atoms with van der Waals surface area (Å²) in [6.07, 6.45) is 1.38. The van der Waals surface area contributed by atoms with Gasteiger partial charge in [-0.2, -0.15) is 8.75 Å². The van der Waals surface area contributed by atoms with Crippen LogP contribution in [0.25, 0.3) is 0 Å². The Balaban J connectivity index is 2.10. The number of halogens is 1. The van der Waals surface area contributed by atoms with Gasteiger partial charge in [-0.15, -0.1) is 0 Å². The van der Waals surface area contributed by atoms with Crippen LogP contribution in [0.5, 0.6) is 0 Å². The average molecular weight is 251 g/mol. The van der Waals surface area contributed by atoms with Crippen molar-refractivity contribution in [3.8, 4) is 0 Å². The third-order valence-electron chi connectivity index (χ3n) is 2.31. The zero-order valence-corrected chi connectivity index (χ0v) is 9.87. The monoisotopic (exact) mass is 251 g/mol. The third kappa shape index (κ3) is 2.65. The SMILES string of the molecule is C[C@H](NC(=O)c1cnsn1)c1ccccc1F. The predicted molar refractivity (Wildman–Crippen MR) is 62.2 cm³/mol. The van der Waals surface area contributed by atoms with E-state index in [2.05, 4.69) is 14.1 Å². The number of hydrogen-bond donors (Lipinski definition) is 1. The van der Waals surface area contributed by atoms with Crippen molar-refractivity contribution in [1.82, 2.24) is 14.1 Å². The maximum Gasteiger partial charge on any atom is 0.273 e. The van der Waals surface area contributed by atoms with Crippen LogP contribution in [-0.2, 0) is 0 Å². The number of benzene rings is 1. The van der Waals surface area contributed by atoms with Gasteiger partial charge in [-0.25, -0.2) is 4.39 Å². The quantitative estimate of drug-likeness (QED) is 0.909. The van der Waals surface area contributed by atoms with Gasteiger partial charge in [0.15, 0.2) is 5.69 Å². The first kappa shape index (κ1) is 11.7. The molecule has 6 heteroatoms. The lowest BCUT2D eigenvalue weighted by atomic mass is 10.1. The van der Waals surface area contributed by atoms with E-state index in [1.807, 2.05) is 0 Å². The zero-order chi connectivity index (χ0) is 12.3. The molecule has 88 valence electrons. The smallest absolute Gasteiger partial charge is 0.273 e. The Hall–Kier alpha value is -1.82. The zero-order valence-electron chi connectivity index (χ0n) is 9.05. The minimum absolute atomic E-state index is 0.248. The van der Waals surface area contributed by atoms with Gasteiger partial charge in [-0.3, -0.25) is 4.79 Å². The molecule has 1 atom stereocenters. The van der Waals surface area contributed by atoms with E-state index in [0.29, 0.717) is 5.56 Å². The first-order valence-corrected chi connectivity index (χ1v) is 5.74. The molecule has 0 saturated heterocycles. The molecule has 2 rings (SSSR count). The molecule has 0 aliphatic heterocycles. The van der Waals surface area contributed by atoms with Crippen LogP contribution in [0.2, 0.25) is 0 Å². The molecule has 1 N–H and O–H groups in total. The fraction of sp³-hybridized carbons (Fsp3) is 0.182. The summed E-state index contributed by atoms with van der Waals surface area (Å²) in [5, 5.41) is 2.66. The highest BCUT2D eigenvalue weighted by atomic mass is 32.1. The molecule has 0 bridgehead atoms. The van der Waals surface area contributed by atoms with E-state index in [-0.39, 0.29) is 17.4 Å². The van der Waals surface area contributed by atoms with Gasteiger partial charge >= 0.3 is 0 Å². The van der Waals surface area contributed by atoms with Crippen molar-refractivity contribution in [3.05, 3.63) is 47.5 Å². The molecule has 1 heterocycles. The first-order chi connectivity index (χ1) is 8.18. The van der Waals surface area contributed by atoms with Gasteiger partial charge in [0, 0.05) is 5.56 Å². The third-order valence-corrected chi connectivity index (χ3v) is 2.79. The van der Waals surface area contributed by atoms with Crippen molar-refractivity contribution in [2.45, 2.75) is 13.0 Å². The second-order valence-electron chi connectivity index (χ2n) is 3.51. The Morgan fingerprint density at radius 3 is 2.88 bits per heavy atom. The lowest BCUT2D eigenvalue weighted by Gasteiger charge is -2.13. The minimum Gasteiger partial charge on any atom is -0.344 e. The summed E-state index contributed by atoms with van der Waals surface area (Å²) in [5.41, 5.74) is 0.697. The predicted octanol–water partition coefficient (Wildman–Crippen LogP) is 2.17. The number of carbonyl (C=O) groups is 1. The highest BCUT2D eigenvalue weighted by molar-refractivity contribution is 6.99. The van der Waals surface area contributed by atoms with E-state index >= 15 is 0 Å². The van der Waals surface area contributed by atoms with E-state index in [4.69, 9.17) is 0 Å². The van der Waals surface area contributed by atoms with E-state index in [1.54, 1.807) is 25.1 Å². The molecule has 0 saturated carbocycles. The van der Waals surface area contributed by atoms with Crippen LogP contribution in [0, 0.1) is 5.82 Å². The molecule has 0 radical (unpaired) electrons. The molecule has 17 heavy (non-hydrogen) atoms. The number of hydrogen-bond acceptors (Lipinski definition) is 4. The van der Waals surface area contributed by atoms with E-state index in [0.717, 1.165) is 11.7 Å². The molecule has 0 fully saturated rings. The normalized spacial score (nSPS) is 12.1. The van der Waals surface area contributed by atoms with Gasteiger partial charge in [-0.05, 0) is 13.0 Å². The molecule has 0 spiro atoms. The van der Waals surface area contributed by atoms with Crippen LogP contribution in [-0.4, -0.2) is 14.7 Å². The highest BCUT2D eigenvalue weighted by Crippen LogP contribution is 2.16. The van der Waals surface area contributed by atoms with Gasteiger partial charge in [-0.1, -0.05) is 18.2 Å². The van der Waals surface area contributed by atoms with Gasteiger partial charge in [0.25, 0.3) is 5.91 Å². The summed E-state index contributed by atoms with van der Waals surface area (Å²) in [5.74, 6) is -0.689. The van der Waals surface area contributed by atoms with Gasteiger partial charge in [0.1, 0.15) is 5.82 Å². The lowest BCUT2D eigenvalue weighted by molar-refractivity contribution is 0.0935. The number of aromatic nitrogens is 2. The van der Waals surface area contributed by atoms with Crippen molar-refractivity contribution < 1.29 is 9.18 Å². The van der Waals surface area contributed by atoms with Crippen LogP contribution in [0.15, 0.2) is 30.5 Å². The molecule has 1 aromatic carbocycles. The van der Waals surface area contributed by atoms with Crippen LogP contribution in [0.1, 0.15) is 29.0 Å². The standard InChI is InChI=1S/C11H10FN3OS/c1-7(8-4-2-3-5-9(8)12)14-11(16)10-6-13-17-15-10/h2-7H,1H3,(H,14,16)/t7-/m0/s1. The van der Waals surface area contributed by atoms with Gasteiger partial charge < -0.3 is 5.32 Å². The highest BCUT2D eigenvalue weighted by Gasteiger charge is 2.15. The molecule has 4 nitrogen and oxygen atoms in total. The molecular weight excluding hydrogens is 241 g/mol. The van der Waals surface area contributed by atoms with Crippen molar-refractivity contribution in [2.24, 2.45) is 0 Å². The summed E-state index contributed by atoms with van der Waals surface area (Å²) < 4.78 is 21.0. The van der Waals surface area contributed by atoms with E-state index in [1.165, 1.54) is 12.3 Å². The van der Waals surface area contributed by atoms with Crippen molar-refractivity contribution in [3.63, 3.8) is 0 Å². The van der Waals surface area contributed by atoms with Crippen LogP contribution in [0.3, 0.4) is 0 Å². The fourth-order valence-electron chi connectivity index (χ4n) is 1.44. The summed E-state index contributed by atoms with van der Waals surface area (Å²) in [6, 6.07) is 5.93. The molecule has 0 unspecified atom stereocenters. The second kappa shape index (κ2) is 5.01. The Morgan fingerprint density at radius 1 is 1.47 bits per heavy atom. The van der Waals surface area contributed by atoms with Crippen molar-refractivity contribution in [1.29, 1.82) is 0 Å². The molecule has 0 aliphatic carbocycles. The number of nitrogens with one attached hydrogen (secondary N) is 1. The number of amides is 1. The van der Waals surface area contributed by atoms with Crippen LogP contribution in [0.4, 0.5) is 4.39 Å². The minimum atomic E-state index is -0.412. The molecule has 1 amide bonds. The number of carbonyl (C=O) groups excluding carboxylic acids is 1.